The van der Waals surface area contributed by atoms with Gasteiger partial charge in [-0.05, 0) is 13.3 Å². The minimum atomic E-state index is -0.0747. The topological polar surface area (TPSA) is 60.1 Å². The zero-order valence-corrected chi connectivity index (χ0v) is 10.8. The zero-order valence-electron chi connectivity index (χ0n) is 10.8. The molecule has 0 saturated carbocycles. The van der Waals surface area contributed by atoms with Gasteiger partial charge in [0, 0.05) is 25.2 Å². The van der Waals surface area contributed by atoms with E-state index >= 15 is 0 Å². The molecule has 0 fully saturated rings. The molecule has 0 radical (unpaired) electrons. The monoisotopic (exact) mass is 250 g/mol. The molecule has 0 atom stereocenters. The van der Waals surface area contributed by atoms with Crippen molar-refractivity contribution in [3.63, 3.8) is 0 Å². The van der Waals surface area contributed by atoms with Gasteiger partial charge in [-0.25, -0.2) is 9.48 Å². The number of hydrogen-bond donors (Lipinski definition) is 0. The Morgan fingerprint density at radius 1 is 1.44 bits per heavy atom. The molecule has 2 rings (SSSR count). The summed E-state index contributed by atoms with van der Waals surface area (Å²) < 4.78 is 3.13. The minimum Gasteiger partial charge on any atom is -0.330 e. The molecule has 1 aliphatic heterocycles. The van der Waals surface area contributed by atoms with Crippen LogP contribution in [0.3, 0.4) is 0 Å². The van der Waals surface area contributed by atoms with E-state index in [-0.39, 0.29) is 11.6 Å². The van der Waals surface area contributed by atoms with Crippen molar-refractivity contribution in [3.05, 3.63) is 28.5 Å². The van der Waals surface area contributed by atoms with E-state index in [1.807, 2.05) is 6.92 Å². The van der Waals surface area contributed by atoms with Crippen molar-refractivity contribution in [2.24, 2.45) is 0 Å². The fourth-order valence-corrected chi connectivity index (χ4v) is 2.10. The minimum absolute atomic E-state index is 0.0706. The molecule has 2 heterocycles. The molecule has 98 valence electrons. The van der Waals surface area contributed by atoms with E-state index in [0.29, 0.717) is 37.6 Å². The predicted octanol–water partition coefficient (Wildman–Crippen LogP) is 0.373. The Bertz CT molecular complexity index is 541. The van der Waals surface area contributed by atoms with Gasteiger partial charge in [-0.15, -0.1) is 0 Å². The largest absolute Gasteiger partial charge is 0.346 e. The van der Waals surface area contributed by atoms with Crippen LogP contribution in [-0.4, -0.2) is 31.7 Å². The molecule has 18 heavy (non-hydrogen) atoms. The summed E-state index contributed by atoms with van der Waals surface area (Å²) in [4.78, 5) is 25.5. The number of amides is 1. The lowest BCUT2D eigenvalue weighted by atomic mass is 10.2. The maximum Gasteiger partial charge on any atom is 0.346 e. The highest BCUT2D eigenvalue weighted by Gasteiger charge is 2.24. The number of fused-ring (bicyclic) bond motifs is 1. The van der Waals surface area contributed by atoms with E-state index in [0.717, 1.165) is 6.42 Å². The highest BCUT2D eigenvalue weighted by molar-refractivity contribution is 5.92. The molecular formula is C12H18N4O2. The van der Waals surface area contributed by atoms with Crippen LogP contribution < -0.4 is 5.69 Å². The smallest absolute Gasteiger partial charge is 0.330 e. The summed E-state index contributed by atoms with van der Waals surface area (Å²) in [6.07, 6.45) is 0.866. The van der Waals surface area contributed by atoms with Gasteiger partial charge in [-0.2, -0.15) is 5.10 Å². The van der Waals surface area contributed by atoms with E-state index in [9.17, 15) is 9.59 Å². The maximum atomic E-state index is 12.0. The van der Waals surface area contributed by atoms with Crippen LogP contribution in [0.2, 0.25) is 0 Å². The molecule has 0 N–H and O–H groups in total. The summed E-state index contributed by atoms with van der Waals surface area (Å²) in [5.41, 5.74) is 0.438. The van der Waals surface area contributed by atoms with Crippen LogP contribution in [0.15, 0.2) is 16.9 Å². The summed E-state index contributed by atoms with van der Waals surface area (Å²) in [5.74, 6) is 0.591. The van der Waals surface area contributed by atoms with E-state index in [4.69, 9.17) is 0 Å². The molecule has 0 aliphatic carbocycles. The van der Waals surface area contributed by atoms with Gasteiger partial charge in [0.15, 0.2) is 5.82 Å². The number of carbonyl (C=O) groups is 1. The van der Waals surface area contributed by atoms with Crippen molar-refractivity contribution in [2.45, 2.75) is 39.9 Å². The van der Waals surface area contributed by atoms with Crippen LogP contribution in [0.25, 0.3) is 0 Å². The van der Waals surface area contributed by atoms with Crippen LogP contribution in [0.4, 0.5) is 0 Å². The number of carbonyl (C=O) groups excluding carboxylic acids is 1. The Balaban J connectivity index is 2.25. The van der Waals surface area contributed by atoms with E-state index in [2.05, 4.69) is 11.7 Å². The molecule has 1 amide bonds. The SMILES string of the molecule is C=C(C)C(=O)N1CCn2c(nn(CCC)c2=O)C1. The van der Waals surface area contributed by atoms with E-state index in [1.54, 1.807) is 16.4 Å². The van der Waals surface area contributed by atoms with Crippen molar-refractivity contribution in [3.8, 4) is 0 Å². The molecule has 6 nitrogen and oxygen atoms in total. The van der Waals surface area contributed by atoms with Gasteiger partial charge in [-0.3, -0.25) is 9.36 Å². The molecule has 0 saturated heterocycles. The van der Waals surface area contributed by atoms with Crippen LogP contribution in [0.5, 0.6) is 0 Å². The van der Waals surface area contributed by atoms with Gasteiger partial charge in [0.1, 0.15) is 0 Å². The third-order valence-corrected chi connectivity index (χ3v) is 3.01. The number of hydrogen-bond acceptors (Lipinski definition) is 3. The van der Waals surface area contributed by atoms with Crippen molar-refractivity contribution >= 4 is 5.91 Å². The van der Waals surface area contributed by atoms with Crippen LogP contribution in [0, 0.1) is 0 Å². The average Bonchev–Trinajstić information content (AvgIpc) is 2.65. The molecule has 1 aromatic rings. The Labute approximate surface area is 106 Å². The molecule has 6 heteroatoms. The lowest BCUT2D eigenvalue weighted by Crippen LogP contribution is -2.41. The number of aryl methyl sites for hydroxylation is 1. The molecule has 0 spiro atoms. The van der Waals surface area contributed by atoms with E-state index in [1.165, 1.54) is 4.68 Å². The quantitative estimate of drug-likeness (QED) is 0.728. The van der Waals surface area contributed by atoms with Crippen molar-refractivity contribution in [1.82, 2.24) is 19.2 Å². The van der Waals surface area contributed by atoms with Gasteiger partial charge < -0.3 is 4.90 Å². The first-order chi connectivity index (χ1) is 8.54. The normalized spacial score (nSPS) is 14.4. The first-order valence-electron chi connectivity index (χ1n) is 6.16. The second-order valence-electron chi connectivity index (χ2n) is 4.58. The highest BCUT2D eigenvalue weighted by atomic mass is 16.2. The Kier molecular flexibility index (Phi) is 3.36. The summed E-state index contributed by atoms with van der Waals surface area (Å²) in [7, 11) is 0. The first-order valence-corrected chi connectivity index (χ1v) is 6.16. The number of aromatic nitrogens is 3. The third-order valence-electron chi connectivity index (χ3n) is 3.01. The predicted molar refractivity (Wildman–Crippen MR) is 67.0 cm³/mol. The van der Waals surface area contributed by atoms with Crippen molar-refractivity contribution < 1.29 is 4.79 Å². The van der Waals surface area contributed by atoms with Crippen LogP contribution in [-0.2, 0) is 24.4 Å². The van der Waals surface area contributed by atoms with Gasteiger partial charge in [-0.1, -0.05) is 13.5 Å². The van der Waals surface area contributed by atoms with Crippen molar-refractivity contribution in [1.29, 1.82) is 0 Å². The first kappa shape index (κ1) is 12.6. The Hall–Kier alpha value is -1.85. The molecule has 1 aromatic heterocycles. The van der Waals surface area contributed by atoms with Crippen LogP contribution >= 0.6 is 0 Å². The molecule has 0 bridgehead atoms. The summed E-state index contributed by atoms with van der Waals surface area (Å²) in [6, 6.07) is 0. The fourth-order valence-electron chi connectivity index (χ4n) is 2.10. The number of rotatable bonds is 3. The second kappa shape index (κ2) is 4.80. The molecular weight excluding hydrogens is 232 g/mol. The number of nitrogens with zero attached hydrogens (tertiary/aromatic N) is 4. The standard InChI is InChI=1S/C12H18N4O2/c1-4-5-16-12(18)15-7-6-14(8-10(15)13-16)11(17)9(2)3/h2,4-8H2,1,3H3. The lowest BCUT2D eigenvalue weighted by Gasteiger charge is -2.26. The van der Waals surface area contributed by atoms with Gasteiger partial charge >= 0.3 is 5.69 Å². The summed E-state index contributed by atoms with van der Waals surface area (Å²) in [6.45, 7) is 9.40. The van der Waals surface area contributed by atoms with Crippen LogP contribution in [0.1, 0.15) is 26.1 Å². The van der Waals surface area contributed by atoms with Crippen molar-refractivity contribution in [2.75, 3.05) is 6.54 Å². The van der Waals surface area contributed by atoms with Gasteiger partial charge in [0.25, 0.3) is 0 Å². The molecule has 1 aliphatic rings. The zero-order chi connectivity index (χ0) is 13.3. The van der Waals surface area contributed by atoms with E-state index < -0.39 is 0 Å². The Morgan fingerprint density at radius 2 is 2.17 bits per heavy atom. The highest BCUT2D eigenvalue weighted by Crippen LogP contribution is 2.10. The van der Waals surface area contributed by atoms with Gasteiger partial charge in [0.05, 0.1) is 6.54 Å². The average molecular weight is 250 g/mol. The summed E-state index contributed by atoms with van der Waals surface area (Å²) in [5, 5.41) is 4.28. The lowest BCUT2D eigenvalue weighted by molar-refractivity contribution is -0.128. The molecule has 0 aromatic carbocycles. The molecule has 0 unspecified atom stereocenters. The Morgan fingerprint density at radius 3 is 2.78 bits per heavy atom. The maximum absolute atomic E-state index is 12.0. The third kappa shape index (κ3) is 2.10. The fraction of sp³-hybridized carbons (Fsp3) is 0.583. The second-order valence-corrected chi connectivity index (χ2v) is 4.58. The van der Waals surface area contributed by atoms with Gasteiger partial charge in [0.2, 0.25) is 5.91 Å². The summed E-state index contributed by atoms with van der Waals surface area (Å²) >= 11 is 0.